The van der Waals surface area contributed by atoms with Crippen LogP contribution < -0.4 is 15.0 Å². The highest BCUT2D eigenvalue weighted by Crippen LogP contribution is 2.17. The number of hydrogen-bond donors (Lipinski definition) is 1. The lowest BCUT2D eigenvalue weighted by molar-refractivity contribution is -0.0498. The van der Waals surface area contributed by atoms with E-state index in [1.807, 2.05) is 24.2 Å². The second kappa shape index (κ2) is 12.7. The Bertz CT molecular complexity index is 860. The molecular weight excluding hydrogens is 529 g/mol. The fourth-order valence-corrected chi connectivity index (χ4v) is 3.47. The molecule has 0 amide bonds. The third-order valence-electron chi connectivity index (χ3n) is 5.23. The van der Waals surface area contributed by atoms with Crippen LogP contribution in [0.1, 0.15) is 11.1 Å². The lowest BCUT2D eigenvalue weighted by Gasteiger charge is -2.33. The van der Waals surface area contributed by atoms with Gasteiger partial charge in [0.25, 0.3) is 0 Å². The molecule has 1 aromatic heterocycles. The number of alkyl halides is 2. The SMILES string of the molecule is CN=C(NCc1ccnc(N2CCN(C)CC2)c1)N(C)Cc1ccc(OC(F)F)cc1.I. The molecular formula is C22H31F2IN6O. The Morgan fingerprint density at radius 3 is 2.47 bits per heavy atom. The predicted molar refractivity (Wildman–Crippen MR) is 134 cm³/mol. The van der Waals surface area contributed by atoms with E-state index in [4.69, 9.17) is 0 Å². The molecule has 1 fully saturated rings. The molecule has 0 spiro atoms. The van der Waals surface area contributed by atoms with Crippen LogP contribution in [-0.4, -0.2) is 74.7 Å². The van der Waals surface area contributed by atoms with Crippen molar-refractivity contribution in [1.82, 2.24) is 20.1 Å². The van der Waals surface area contributed by atoms with Crippen LogP contribution in [0, 0.1) is 0 Å². The Morgan fingerprint density at radius 2 is 1.84 bits per heavy atom. The van der Waals surface area contributed by atoms with E-state index in [0.717, 1.165) is 49.1 Å². The Balaban J connectivity index is 0.00000363. The van der Waals surface area contributed by atoms with Gasteiger partial charge in [-0.3, -0.25) is 4.99 Å². The molecule has 176 valence electrons. The number of ether oxygens (including phenoxy) is 1. The van der Waals surface area contributed by atoms with Gasteiger partial charge in [0.2, 0.25) is 0 Å². The van der Waals surface area contributed by atoms with Gasteiger partial charge in [0.15, 0.2) is 5.96 Å². The largest absolute Gasteiger partial charge is 0.435 e. The zero-order valence-corrected chi connectivity index (χ0v) is 21.0. The van der Waals surface area contributed by atoms with E-state index >= 15 is 0 Å². The van der Waals surface area contributed by atoms with Crippen molar-refractivity contribution in [3.05, 3.63) is 53.7 Å². The van der Waals surface area contributed by atoms with E-state index < -0.39 is 6.61 Å². The monoisotopic (exact) mass is 560 g/mol. The number of likely N-dealkylation sites (N-methyl/N-ethyl adjacent to an activating group) is 1. The third-order valence-corrected chi connectivity index (χ3v) is 5.23. The van der Waals surface area contributed by atoms with Gasteiger partial charge in [0.05, 0.1) is 0 Å². The molecule has 0 bridgehead atoms. The zero-order valence-electron chi connectivity index (χ0n) is 18.7. The summed E-state index contributed by atoms with van der Waals surface area (Å²) in [4.78, 5) is 15.5. The number of halogens is 3. The summed E-state index contributed by atoms with van der Waals surface area (Å²) >= 11 is 0. The van der Waals surface area contributed by atoms with Crippen molar-refractivity contribution >= 4 is 35.8 Å². The van der Waals surface area contributed by atoms with Crippen LogP contribution >= 0.6 is 24.0 Å². The third kappa shape index (κ3) is 7.73. The lowest BCUT2D eigenvalue weighted by Crippen LogP contribution is -2.44. The van der Waals surface area contributed by atoms with Gasteiger partial charge in [-0.05, 0) is 42.4 Å². The number of pyridine rings is 1. The van der Waals surface area contributed by atoms with Crippen molar-refractivity contribution < 1.29 is 13.5 Å². The maximum absolute atomic E-state index is 12.3. The molecule has 2 aromatic rings. The molecule has 3 rings (SSSR count). The molecule has 0 atom stereocenters. The Kier molecular flexibility index (Phi) is 10.4. The van der Waals surface area contributed by atoms with Crippen LogP contribution in [0.4, 0.5) is 14.6 Å². The van der Waals surface area contributed by atoms with Crippen LogP contribution in [0.5, 0.6) is 5.75 Å². The van der Waals surface area contributed by atoms with E-state index in [1.165, 1.54) is 0 Å². The number of rotatable bonds is 7. The molecule has 32 heavy (non-hydrogen) atoms. The maximum Gasteiger partial charge on any atom is 0.387 e. The number of nitrogens with zero attached hydrogens (tertiary/aromatic N) is 5. The van der Waals surface area contributed by atoms with Crippen LogP contribution in [0.3, 0.4) is 0 Å². The van der Waals surface area contributed by atoms with E-state index in [2.05, 4.69) is 42.9 Å². The van der Waals surface area contributed by atoms with Crippen LogP contribution in [-0.2, 0) is 13.1 Å². The fraction of sp³-hybridized carbons (Fsp3) is 0.455. The van der Waals surface area contributed by atoms with Gasteiger partial charge in [-0.2, -0.15) is 8.78 Å². The summed E-state index contributed by atoms with van der Waals surface area (Å²) in [5.41, 5.74) is 2.10. The molecule has 1 aliphatic heterocycles. The molecule has 2 heterocycles. The van der Waals surface area contributed by atoms with Crippen molar-refractivity contribution in [2.24, 2.45) is 4.99 Å². The fourth-order valence-electron chi connectivity index (χ4n) is 3.47. The highest BCUT2D eigenvalue weighted by Gasteiger charge is 2.15. The molecule has 0 saturated carbocycles. The van der Waals surface area contributed by atoms with Crippen molar-refractivity contribution in [3.63, 3.8) is 0 Å². The molecule has 0 unspecified atom stereocenters. The molecule has 0 radical (unpaired) electrons. The van der Waals surface area contributed by atoms with Crippen molar-refractivity contribution in [2.75, 3.05) is 52.2 Å². The molecule has 1 aromatic carbocycles. The zero-order chi connectivity index (χ0) is 22.2. The predicted octanol–water partition coefficient (Wildman–Crippen LogP) is 3.26. The topological polar surface area (TPSA) is 56.2 Å². The average molecular weight is 560 g/mol. The first kappa shape index (κ1) is 26.0. The highest BCUT2D eigenvalue weighted by atomic mass is 127. The van der Waals surface area contributed by atoms with Crippen molar-refractivity contribution in [1.29, 1.82) is 0 Å². The van der Waals surface area contributed by atoms with E-state index in [0.29, 0.717) is 13.1 Å². The summed E-state index contributed by atoms with van der Waals surface area (Å²) in [6.45, 7) is 2.42. The van der Waals surface area contributed by atoms with Gasteiger partial charge < -0.3 is 24.8 Å². The van der Waals surface area contributed by atoms with Gasteiger partial charge in [-0.25, -0.2) is 4.98 Å². The summed E-state index contributed by atoms with van der Waals surface area (Å²) in [5.74, 6) is 1.89. The van der Waals surface area contributed by atoms with Crippen LogP contribution in [0.2, 0.25) is 0 Å². The second-order valence-corrected chi connectivity index (χ2v) is 7.59. The van der Waals surface area contributed by atoms with Crippen LogP contribution in [0.25, 0.3) is 0 Å². The molecule has 1 saturated heterocycles. The number of guanidine groups is 1. The summed E-state index contributed by atoms with van der Waals surface area (Å²) < 4.78 is 29.0. The number of nitrogens with one attached hydrogen (secondary N) is 1. The molecule has 7 nitrogen and oxygen atoms in total. The average Bonchev–Trinajstić information content (AvgIpc) is 2.76. The minimum atomic E-state index is -2.82. The maximum atomic E-state index is 12.3. The number of anilines is 1. The quantitative estimate of drug-likeness (QED) is 0.319. The number of aromatic nitrogens is 1. The normalized spacial score (nSPS) is 14.8. The minimum absolute atomic E-state index is 0. The summed E-state index contributed by atoms with van der Waals surface area (Å²) in [6.07, 6.45) is 1.85. The Labute approximate surface area is 205 Å². The van der Waals surface area contributed by atoms with Crippen LogP contribution in [0.15, 0.2) is 47.6 Å². The highest BCUT2D eigenvalue weighted by molar-refractivity contribution is 14.0. The van der Waals surface area contributed by atoms with Gasteiger partial charge in [-0.1, -0.05) is 12.1 Å². The molecule has 0 aliphatic carbocycles. The molecule has 1 aliphatic rings. The van der Waals surface area contributed by atoms with Gasteiger partial charge in [0, 0.05) is 59.6 Å². The molecule has 10 heteroatoms. The standard InChI is InChI=1S/C22H30F2N6O.HI/c1-25-22(29(3)16-17-4-6-19(7-5-17)31-21(23)24)27-15-18-8-9-26-20(14-18)30-12-10-28(2)11-13-30;/h4-9,14,21H,10-13,15-16H2,1-3H3,(H,25,27);1H. The van der Waals surface area contributed by atoms with Crippen molar-refractivity contribution in [2.45, 2.75) is 19.7 Å². The summed E-state index contributed by atoms with van der Waals surface area (Å²) in [6, 6.07) is 10.7. The molecule has 1 N–H and O–H groups in total. The first-order valence-electron chi connectivity index (χ1n) is 10.3. The number of hydrogen-bond acceptors (Lipinski definition) is 5. The second-order valence-electron chi connectivity index (χ2n) is 7.59. The Hall–Kier alpha value is -2.21. The lowest BCUT2D eigenvalue weighted by atomic mass is 10.2. The number of benzene rings is 1. The van der Waals surface area contributed by atoms with Gasteiger partial charge in [-0.15, -0.1) is 24.0 Å². The number of aliphatic imine (C=N–C) groups is 1. The van der Waals surface area contributed by atoms with E-state index in [1.54, 1.807) is 31.3 Å². The Morgan fingerprint density at radius 1 is 1.16 bits per heavy atom. The van der Waals surface area contributed by atoms with Gasteiger partial charge >= 0.3 is 6.61 Å². The number of piperazine rings is 1. The summed E-state index contributed by atoms with van der Waals surface area (Å²) in [7, 11) is 5.81. The smallest absolute Gasteiger partial charge is 0.387 e. The summed E-state index contributed by atoms with van der Waals surface area (Å²) in [5, 5.41) is 3.38. The first-order valence-corrected chi connectivity index (χ1v) is 10.3. The van der Waals surface area contributed by atoms with Gasteiger partial charge in [0.1, 0.15) is 11.6 Å². The van der Waals surface area contributed by atoms with Crippen molar-refractivity contribution in [3.8, 4) is 5.75 Å². The minimum Gasteiger partial charge on any atom is -0.435 e. The first-order chi connectivity index (χ1) is 14.9. The van der Waals surface area contributed by atoms with E-state index in [9.17, 15) is 8.78 Å². The van der Waals surface area contributed by atoms with E-state index in [-0.39, 0.29) is 29.7 Å².